The minimum Gasteiger partial charge on any atom is -0.295 e. The maximum Gasteiger partial charge on any atom is 0.251 e. The highest BCUT2D eigenvalue weighted by atomic mass is 32.2. The van der Waals surface area contributed by atoms with Crippen molar-refractivity contribution in [1.29, 1.82) is 0 Å². The van der Waals surface area contributed by atoms with Crippen molar-refractivity contribution in [2.75, 3.05) is 0 Å². The Hall–Kier alpha value is -3.70. The van der Waals surface area contributed by atoms with Crippen LogP contribution < -0.4 is 16.4 Å². The summed E-state index contributed by atoms with van der Waals surface area (Å²) in [6.07, 6.45) is 0. The molecule has 4 aromatic carbocycles. The molecule has 0 aliphatic carbocycles. The van der Waals surface area contributed by atoms with Crippen LogP contribution in [0.3, 0.4) is 0 Å². The molecule has 6 aromatic rings. The molecule has 3 aliphatic rings. The van der Waals surface area contributed by atoms with Crippen LogP contribution in [-0.4, -0.2) is 21.5 Å². The largest absolute Gasteiger partial charge is 0.295 e. The number of ketones is 1. The van der Waals surface area contributed by atoms with Crippen LogP contribution in [0.5, 0.6) is 0 Å². The highest BCUT2D eigenvalue weighted by Gasteiger charge is 2.48. The normalized spacial score (nSPS) is 15.2. The second-order valence-corrected chi connectivity index (χ2v) is 17.8. The SMILES string of the molecule is Cc1cc2c3c4c1n1c5ccccc5c(C(C)(C)C)c1n4-c1cc(C(C)(C)C)cc4c1B3c1c(cc(C(C)(C)C)cc1C4=O)S2. The van der Waals surface area contributed by atoms with Gasteiger partial charge in [-0.2, -0.15) is 0 Å². The molecule has 3 nitrogen and oxygen atoms in total. The Balaban J connectivity index is 1.57. The predicted octanol–water partition coefficient (Wildman–Crippen LogP) is 8.08. The van der Waals surface area contributed by atoms with Gasteiger partial charge in [0, 0.05) is 37.6 Å². The van der Waals surface area contributed by atoms with Crippen molar-refractivity contribution in [3.63, 3.8) is 0 Å². The Bertz CT molecular complexity index is 2380. The first-order valence-electron chi connectivity index (χ1n) is 16.3. The first-order valence-corrected chi connectivity index (χ1v) is 17.1. The number of para-hydroxylation sites is 1. The molecule has 3 aliphatic heterocycles. The van der Waals surface area contributed by atoms with Crippen molar-refractivity contribution in [3.05, 3.63) is 88.0 Å². The maximum atomic E-state index is 14.8. The Morgan fingerprint density at radius 1 is 0.689 bits per heavy atom. The fourth-order valence-corrected chi connectivity index (χ4v) is 9.78. The summed E-state index contributed by atoms with van der Waals surface area (Å²) in [5.74, 6) is 0.173. The van der Waals surface area contributed by atoms with Crippen LogP contribution in [0.2, 0.25) is 0 Å². The topological polar surface area (TPSA) is 26.4 Å². The molecule has 0 bridgehead atoms. The van der Waals surface area contributed by atoms with Crippen molar-refractivity contribution >= 4 is 68.2 Å². The summed E-state index contributed by atoms with van der Waals surface area (Å²) in [6, 6.07) is 20.6. The molecule has 224 valence electrons. The number of imidazole rings is 1. The van der Waals surface area contributed by atoms with Crippen LogP contribution >= 0.6 is 11.8 Å². The lowest BCUT2D eigenvalue weighted by Crippen LogP contribution is -2.64. The lowest BCUT2D eigenvalue weighted by Gasteiger charge is -2.39. The number of hydrogen-bond donors (Lipinski definition) is 0. The van der Waals surface area contributed by atoms with Crippen molar-refractivity contribution in [3.8, 4) is 5.69 Å². The summed E-state index contributed by atoms with van der Waals surface area (Å²) in [4.78, 5) is 17.4. The predicted molar refractivity (Wildman–Crippen MR) is 191 cm³/mol. The molecule has 0 N–H and O–H groups in total. The van der Waals surface area contributed by atoms with Gasteiger partial charge in [-0.1, -0.05) is 92.3 Å². The first-order chi connectivity index (χ1) is 21.1. The number of carbonyl (C=O) groups excluding carboxylic acids is 1. The van der Waals surface area contributed by atoms with Gasteiger partial charge >= 0.3 is 0 Å². The van der Waals surface area contributed by atoms with E-state index in [0.717, 1.165) is 11.1 Å². The van der Waals surface area contributed by atoms with E-state index in [2.05, 4.69) is 133 Å². The van der Waals surface area contributed by atoms with E-state index in [9.17, 15) is 4.79 Å². The molecule has 0 unspecified atom stereocenters. The second kappa shape index (κ2) is 8.17. The quantitative estimate of drug-likeness (QED) is 0.163. The van der Waals surface area contributed by atoms with Gasteiger partial charge in [-0.25, -0.2) is 0 Å². The molecule has 9 rings (SSSR count). The van der Waals surface area contributed by atoms with Gasteiger partial charge in [0.1, 0.15) is 5.65 Å². The molecular weight excluding hydrogens is 567 g/mol. The highest BCUT2D eigenvalue weighted by molar-refractivity contribution is 8.00. The van der Waals surface area contributed by atoms with Gasteiger partial charge in [0.15, 0.2) is 5.78 Å². The summed E-state index contributed by atoms with van der Waals surface area (Å²) in [5, 5.41) is 1.30. The van der Waals surface area contributed by atoms with E-state index in [1.54, 1.807) is 0 Å². The molecule has 0 amide bonds. The summed E-state index contributed by atoms with van der Waals surface area (Å²) < 4.78 is 5.11. The molecule has 0 saturated carbocycles. The lowest BCUT2D eigenvalue weighted by atomic mass is 9.32. The summed E-state index contributed by atoms with van der Waals surface area (Å²) >= 11 is 1.87. The molecule has 2 aromatic heterocycles. The average Bonchev–Trinajstić information content (AvgIpc) is 3.47. The van der Waals surface area contributed by atoms with E-state index in [-0.39, 0.29) is 28.7 Å². The number of benzene rings is 4. The lowest BCUT2D eigenvalue weighted by molar-refractivity contribution is 0.103. The Morgan fingerprint density at radius 3 is 1.98 bits per heavy atom. The van der Waals surface area contributed by atoms with Crippen LogP contribution in [0.15, 0.2) is 64.4 Å². The number of hydrogen-bond acceptors (Lipinski definition) is 2. The number of aryl methyl sites for hydroxylation is 1. The number of aromatic nitrogens is 2. The molecule has 0 fully saturated rings. The Morgan fingerprint density at radius 2 is 1.31 bits per heavy atom. The van der Waals surface area contributed by atoms with E-state index >= 15 is 0 Å². The van der Waals surface area contributed by atoms with Crippen LogP contribution in [0, 0.1) is 6.92 Å². The molecule has 5 heteroatoms. The number of rotatable bonds is 0. The van der Waals surface area contributed by atoms with Gasteiger partial charge < -0.3 is 0 Å². The van der Waals surface area contributed by atoms with Crippen LogP contribution in [0.25, 0.3) is 33.3 Å². The first kappa shape index (κ1) is 27.6. The standard InChI is InChI=1S/C40H39BN2OS/c1-20-15-28-33-35-34(20)42-26-14-12-11-13-23(26)30(40(8,9)10)37(42)43(35)27-18-21(38(2,3)4)16-24-31(27)41(33)32-25(36(24)44)17-22(39(5,6)7)19-29(32)45-28/h11-19H,1-10H3. The van der Waals surface area contributed by atoms with Crippen molar-refractivity contribution in [2.45, 2.75) is 95.3 Å². The zero-order valence-electron chi connectivity index (χ0n) is 28.0. The van der Waals surface area contributed by atoms with Gasteiger partial charge in [-0.3, -0.25) is 13.8 Å². The number of carbonyl (C=O) groups is 1. The van der Waals surface area contributed by atoms with Crippen LogP contribution in [0.4, 0.5) is 0 Å². The molecule has 0 atom stereocenters. The fraction of sp³-hybridized carbons (Fsp3) is 0.325. The van der Waals surface area contributed by atoms with E-state index in [1.807, 2.05) is 11.8 Å². The van der Waals surface area contributed by atoms with Gasteiger partial charge in [0.05, 0.1) is 16.6 Å². The van der Waals surface area contributed by atoms with E-state index in [1.165, 1.54) is 81.7 Å². The van der Waals surface area contributed by atoms with Crippen molar-refractivity contribution in [1.82, 2.24) is 8.97 Å². The molecular formula is C40H39BN2OS. The Labute approximate surface area is 270 Å². The van der Waals surface area contributed by atoms with Gasteiger partial charge in [-0.15, -0.1) is 0 Å². The Kier molecular flexibility index (Phi) is 5.01. The molecule has 5 heterocycles. The zero-order chi connectivity index (χ0) is 31.7. The zero-order valence-corrected chi connectivity index (χ0v) is 28.8. The van der Waals surface area contributed by atoms with Gasteiger partial charge in [0.2, 0.25) is 0 Å². The third-order valence-corrected chi connectivity index (χ3v) is 11.7. The molecule has 0 spiro atoms. The molecule has 45 heavy (non-hydrogen) atoms. The van der Waals surface area contributed by atoms with Crippen molar-refractivity contribution < 1.29 is 4.79 Å². The van der Waals surface area contributed by atoms with Gasteiger partial charge in [0.25, 0.3) is 6.71 Å². The fourth-order valence-electron chi connectivity index (χ4n) is 8.46. The number of nitrogens with zero attached hydrogens (tertiary/aromatic N) is 2. The summed E-state index contributed by atoms with van der Waals surface area (Å²) in [5.41, 5.74) is 16.6. The van der Waals surface area contributed by atoms with Crippen LogP contribution in [0.1, 0.15) is 100 Å². The van der Waals surface area contributed by atoms with Crippen molar-refractivity contribution in [2.24, 2.45) is 0 Å². The third-order valence-electron chi connectivity index (χ3n) is 10.6. The van der Waals surface area contributed by atoms with E-state index in [4.69, 9.17) is 0 Å². The minimum atomic E-state index is -0.118. The van der Waals surface area contributed by atoms with E-state index < -0.39 is 0 Å². The number of fused-ring (bicyclic) bond motifs is 6. The van der Waals surface area contributed by atoms with Gasteiger partial charge in [-0.05, 0) is 92.6 Å². The monoisotopic (exact) mass is 606 g/mol. The summed E-state index contributed by atoms with van der Waals surface area (Å²) in [6.45, 7) is 22.9. The maximum absolute atomic E-state index is 14.8. The smallest absolute Gasteiger partial charge is 0.251 e. The second-order valence-electron chi connectivity index (χ2n) is 16.7. The molecule has 0 saturated heterocycles. The minimum absolute atomic E-state index is 0.0385. The third kappa shape index (κ3) is 3.33. The highest BCUT2D eigenvalue weighted by Crippen LogP contribution is 2.46. The summed E-state index contributed by atoms with van der Waals surface area (Å²) in [7, 11) is 0. The molecule has 0 radical (unpaired) electrons. The average molecular weight is 607 g/mol. The van der Waals surface area contributed by atoms with E-state index in [0.29, 0.717) is 0 Å². The van der Waals surface area contributed by atoms with Crippen LogP contribution in [-0.2, 0) is 16.2 Å².